The van der Waals surface area contributed by atoms with Crippen molar-refractivity contribution in [1.29, 1.82) is 0 Å². The number of amides is 1. The van der Waals surface area contributed by atoms with E-state index in [2.05, 4.69) is 15.5 Å². The van der Waals surface area contributed by atoms with Crippen LogP contribution in [0.1, 0.15) is 78.7 Å². The molecular weight excluding hydrogens is 370 g/mol. The summed E-state index contributed by atoms with van der Waals surface area (Å²) in [7, 11) is 0. The van der Waals surface area contributed by atoms with Gasteiger partial charge in [-0.3, -0.25) is 9.59 Å². The van der Waals surface area contributed by atoms with E-state index in [9.17, 15) is 9.59 Å². The lowest BCUT2D eigenvalue weighted by Gasteiger charge is -2.11. The van der Waals surface area contributed by atoms with Gasteiger partial charge in [-0.2, -0.15) is 0 Å². The minimum atomic E-state index is -0.887. The average molecular weight is 393 g/mol. The van der Waals surface area contributed by atoms with Crippen LogP contribution in [0.2, 0.25) is 0 Å². The summed E-state index contributed by atoms with van der Waals surface area (Å²) in [5, 5.41) is 16.8. The Balaban J connectivity index is 1.67. The van der Waals surface area contributed by atoms with Crippen LogP contribution in [0.25, 0.3) is 11.1 Å². The highest BCUT2D eigenvalue weighted by Gasteiger charge is 2.29. The Labute approximate surface area is 168 Å². The van der Waals surface area contributed by atoms with E-state index >= 15 is 0 Å². The lowest BCUT2D eigenvalue weighted by Crippen LogP contribution is -2.14. The zero-order valence-electron chi connectivity index (χ0n) is 16.6. The van der Waals surface area contributed by atoms with E-state index in [4.69, 9.17) is 9.63 Å². The van der Waals surface area contributed by atoms with E-state index in [1.54, 1.807) is 31.2 Å². The standard InChI is InChI=1S/C22H23N3O4/c1-11(2)19-18-16(10-17(14-4-5-14)24-21(18)29-25-19)20(26)23-15-8-6-13(7-9-15)12(3)22(27)28/h6-12,14H,4-5H2,1-3H3,(H,23,26)(H,27,28). The SMILES string of the molecule is CC(C)c1noc2nc(C3CC3)cc(C(=O)Nc3ccc(C(C)C(=O)O)cc3)c12. The van der Waals surface area contributed by atoms with Gasteiger partial charge in [-0.15, -0.1) is 0 Å². The lowest BCUT2D eigenvalue weighted by molar-refractivity contribution is -0.138. The van der Waals surface area contributed by atoms with Crippen LogP contribution < -0.4 is 5.32 Å². The first-order valence-corrected chi connectivity index (χ1v) is 9.79. The second-order valence-corrected chi connectivity index (χ2v) is 7.91. The largest absolute Gasteiger partial charge is 0.481 e. The molecule has 7 heteroatoms. The van der Waals surface area contributed by atoms with Crippen molar-refractivity contribution < 1.29 is 19.2 Å². The molecule has 2 aromatic heterocycles. The molecule has 0 spiro atoms. The number of aliphatic carboxylic acids is 1. The highest BCUT2D eigenvalue weighted by Crippen LogP contribution is 2.41. The Morgan fingerprint density at radius 2 is 1.86 bits per heavy atom. The Bertz CT molecular complexity index is 1080. The first-order chi connectivity index (χ1) is 13.8. The van der Waals surface area contributed by atoms with E-state index in [-0.39, 0.29) is 11.8 Å². The zero-order chi connectivity index (χ0) is 20.7. The smallest absolute Gasteiger partial charge is 0.310 e. The van der Waals surface area contributed by atoms with Crippen molar-refractivity contribution >= 4 is 28.7 Å². The molecule has 150 valence electrons. The van der Waals surface area contributed by atoms with Crippen LogP contribution in [-0.4, -0.2) is 27.1 Å². The van der Waals surface area contributed by atoms with Gasteiger partial charge in [0.1, 0.15) is 0 Å². The summed E-state index contributed by atoms with van der Waals surface area (Å²) >= 11 is 0. The number of nitrogens with zero attached hydrogens (tertiary/aromatic N) is 2. The van der Waals surface area contributed by atoms with Crippen LogP contribution >= 0.6 is 0 Å². The number of benzene rings is 1. The molecule has 1 saturated carbocycles. The van der Waals surface area contributed by atoms with Crippen LogP contribution in [0, 0.1) is 0 Å². The topological polar surface area (TPSA) is 105 Å². The monoisotopic (exact) mass is 393 g/mol. The van der Waals surface area contributed by atoms with Crippen molar-refractivity contribution in [2.75, 3.05) is 5.32 Å². The van der Waals surface area contributed by atoms with Crippen LogP contribution in [0.4, 0.5) is 5.69 Å². The molecule has 1 aromatic carbocycles. The van der Waals surface area contributed by atoms with Crippen LogP contribution in [0.5, 0.6) is 0 Å². The van der Waals surface area contributed by atoms with Gasteiger partial charge in [0, 0.05) is 17.3 Å². The molecule has 0 radical (unpaired) electrons. The number of carboxylic acid groups (broad SMARTS) is 1. The van der Waals surface area contributed by atoms with Gasteiger partial charge >= 0.3 is 5.97 Å². The highest BCUT2D eigenvalue weighted by molar-refractivity contribution is 6.12. The minimum absolute atomic E-state index is 0.0909. The van der Waals surface area contributed by atoms with Gasteiger partial charge in [0.2, 0.25) is 0 Å². The summed E-state index contributed by atoms with van der Waals surface area (Å²) in [5.74, 6) is -1.29. The Kier molecular flexibility index (Phi) is 4.82. The van der Waals surface area contributed by atoms with E-state index < -0.39 is 11.9 Å². The van der Waals surface area contributed by atoms with E-state index in [0.29, 0.717) is 39.5 Å². The van der Waals surface area contributed by atoms with Crippen molar-refractivity contribution in [3.05, 3.63) is 52.8 Å². The zero-order valence-corrected chi connectivity index (χ0v) is 16.6. The summed E-state index contributed by atoms with van der Waals surface area (Å²) < 4.78 is 5.44. The van der Waals surface area contributed by atoms with E-state index in [1.807, 2.05) is 19.9 Å². The quantitative estimate of drug-likeness (QED) is 0.631. The van der Waals surface area contributed by atoms with E-state index in [1.165, 1.54) is 0 Å². The van der Waals surface area contributed by atoms with Crippen molar-refractivity contribution in [3.63, 3.8) is 0 Å². The molecule has 3 aromatic rings. The molecule has 7 nitrogen and oxygen atoms in total. The Hall–Kier alpha value is -3.22. The average Bonchev–Trinajstić information content (AvgIpc) is 3.45. The molecule has 29 heavy (non-hydrogen) atoms. The van der Waals surface area contributed by atoms with Gasteiger partial charge in [0.25, 0.3) is 11.6 Å². The predicted molar refractivity (Wildman–Crippen MR) is 108 cm³/mol. The molecule has 1 fully saturated rings. The maximum absolute atomic E-state index is 13.1. The normalized spacial score (nSPS) is 14.9. The molecular formula is C22H23N3O4. The predicted octanol–water partition coefficient (Wildman–Crippen LogP) is 4.66. The number of aromatic nitrogens is 2. The molecule has 1 atom stereocenters. The Morgan fingerprint density at radius 1 is 1.17 bits per heavy atom. The molecule has 1 aliphatic rings. The first-order valence-electron chi connectivity index (χ1n) is 9.79. The first kappa shape index (κ1) is 19.1. The molecule has 4 rings (SSSR count). The second-order valence-electron chi connectivity index (χ2n) is 7.91. The van der Waals surface area contributed by atoms with Crippen molar-refractivity contribution in [2.24, 2.45) is 0 Å². The maximum Gasteiger partial charge on any atom is 0.310 e. The van der Waals surface area contributed by atoms with Crippen molar-refractivity contribution in [2.45, 2.75) is 51.4 Å². The van der Waals surface area contributed by atoms with E-state index in [0.717, 1.165) is 18.5 Å². The second kappa shape index (κ2) is 7.31. The van der Waals surface area contributed by atoms with Gasteiger partial charge < -0.3 is 14.9 Å². The van der Waals surface area contributed by atoms with Gasteiger partial charge in [-0.25, -0.2) is 4.98 Å². The summed E-state index contributed by atoms with van der Waals surface area (Å²) in [4.78, 5) is 28.8. The summed E-state index contributed by atoms with van der Waals surface area (Å²) in [6, 6.07) is 8.70. The molecule has 1 unspecified atom stereocenters. The number of rotatable bonds is 6. The number of fused-ring (bicyclic) bond motifs is 1. The molecule has 0 bridgehead atoms. The number of anilines is 1. The third-order valence-corrected chi connectivity index (χ3v) is 5.32. The molecule has 2 heterocycles. The van der Waals surface area contributed by atoms with Gasteiger partial charge in [-0.1, -0.05) is 31.1 Å². The van der Waals surface area contributed by atoms with Crippen molar-refractivity contribution in [1.82, 2.24) is 10.1 Å². The van der Waals surface area contributed by atoms with Gasteiger partial charge in [-0.05, 0) is 49.4 Å². The maximum atomic E-state index is 13.1. The van der Waals surface area contributed by atoms with Gasteiger partial charge in [0.05, 0.1) is 22.6 Å². The number of carboxylic acids is 1. The van der Waals surface area contributed by atoms with Crippen LogP contribution in [0.15, 0.2) is 34.9 Å². The molecule has 1 aliphatic carbocycles. The van der Waals surface area contributed by atoms with Gasteiger partial charge in [0.15, 0.2) is 0 Å². The molecule has 0 saturated heterocycles. The fourth-order valence-corrected chi connectivity index (χ4v) is 3.35. The fraction of sp³-hybridized carbons (Fsp3) is 0.364. The fourth-order valence-electron chi connectivity index (χ4n) is 3.35. The van der Waals surface area contributed by atoms with Crippen LogP contribution in [-0.2, 0) is 4.79 Å². The summed E-state index contributed by atoms with van der Waals surface area (Å²) in [5.41, 5.74) is 3.75. The number of carbonyl (C=O) groups excluding carboxylic acids is 1. The Morgan fingerprint density at radius 3 is 2.45 bits per heavy atom. The number of pyridine rings is 1. The van der Waals surface area contributed by atoms with Crippen LogP contribution in [0.3, 0.4) is 0 Å². The summed E-state index contributed by atoms with van der Waals surface area (Å²) in [6.07, 6.45) is 2.13. The molecule has 2 N–H and O–H groups in total. The third kappa shape index (κ3) is 3.72. The lowest BCUT2D eigenvalue weighted by atomic mass is 10.0. The molecule has 1 amide bonds. The molecule has 0 aliphatic heterocycles. The summed E-state index contributed by atoms with van der Waals surface area (Å²) in [6.45, 7) is 5.62. The number of nitrogens with one attached hydrogen (secondary N) is 1. The number of hydrogen-bond donors (Lipinski definition) is 2. The van der Waals surface area contributed by atoms with Crippen molar-refractivity contribution in [3.8, 4) is 0 Å². The minimum Gasteiger partial charge on any atom is -0.481 e. The third-order valence-electron chi connectivity index (χ3n) is 5.32. The number of carbonyl (C=O) groups is 2. The number of hydrogen-bond acceptors (Lipinski definition) is 5. The highest BCUT2D eigenvalue weighted by atomic mass is 16.5.